The molecule has 0 aromatic heterocycles. The van der Waals surface area contributed by atoms with Crippen molar-refractivity contribution in [3.8, 4) is 0 Å². The Morgan fingerprint density at radius 3 is 1.50 bits per heavy atom. The summed E-state index contributed by atoms with van der Waals surface area (Å²) in [7, 11) is 0. The van der Waals surface area contributed by atoms with Crippen LogP contribution in [0.2, 0.25) is 0 Å². The second-order valence-electron chi connectivity index (χ2n) is 1.49. The molecule has 38 valence electrons. The molecule has 0 heterocycles. The first-order chi connectivity index (χ1) is 3.80. The Hall–Kier alpha value is 0.856. The summed E-state index contributed by atoms with van der Waals surface area (Å²) in [5.41, 5.74) is 0. The average molecular weight is 320 g/mol. The fourth-order valence-corrected chi connectivity index (χ4v) is 1.38. The van der Waals surface area contributed by atoms with E-state index in [1.165, 1.54) is 7.02 Å². The zero-order valence-corrected chi connectivity index (χ0v) is 9.31. The molecule has 0 spiro atoms. The van der Waals surface area contributed by atoms with Gasteiger partial charge in [-0.2, -0.15) is 0 Å². The summed E-state index contributed by atoms with van der Waals surface area (Å²) in [6, 6.07) is 8.47. The summed E-state index contributed by atoms with van der Waals surface area (Å²) in [5, 5.41) is 0. The van der Waals surface area contributed by atoms with Crippen LogP contribution in [0, 0.1) is 0 Å². The summed E-state index contributed by atoms with van der Waals surface area (Å²) >= 11 is 3.59. The third-order valence-electron chi connectivity index (χ3n) is 0.882. The first-order valence-electron chi connectivity index (χ1n) is 2.27. The first kappa shape index (κ1) is 6.97. The average Bonchev–Trinajstić information content (AvgIpc) is 1.77. The molecular formula is C6H4Sb2. The van der Waals surface area contributed by atoms with Crippen molar-refractivity contribution in [2.45, 2.75) is 0 Å². The molecule has 1 aromatic rings. The Balaban J connectivity index is 3.13. The minimum atomic E-state index is 1.44. The Morgan fingerprint density at radius 1 is 0.875 bits per heavy atom. The Bertz CT molecular complexity index is 163. The molecule has 0 amide bonds. The zero-order valence-electron chi connectivity index (χ0n) is 4.20. The van der Waals surface area contributed by atoms with Gasteiger partial charge < -0.3 is 0 Å². The predicted molar refractivity (Wildman–Crippen MR) is 37.2 cm³/mol. The van der Waals surface area contributed by atoms with Gasteiger partial charge in [0.15, 0.2) is 0 Å². The summed E-state index contributed by atoms with van der Waals surface area (Å²) in [6.45, 7) is 0. The van der Waals surface area contributed by atoms with E-state index >= 15 is 0 Å². The van der Waals surface area contributed by atoms with E-state index in [2.05, 4.69) is 24.3 Å². The van der Waals surface area contributed by atoms with E-state index in [-0.39, 0.29) is 0 Å². The molecule has 0 aliphatic carbocycles. The normalized spacial score (nSPS) is 9.25. The zero-order chi connectivity index (χ0) is 5.98. The van der Waals surface area contributed by atoms with Crippen LogP contribution in [-0.2, 0) is 0 Å². The molecule has 0 nitrogen and oxygen atoms in total. The van der Waals surface area contributed by atoms with Gasteiger partial charge in [0.2, 0.25) is 0 Å². The summed E-state index contributed by atoms with van der Waals surface area (Å²) in [5.74, 6) is 0. The van der Waals surface area contributed by atoms with E-state index in [0.717, 1.165) is 0 Å². The van der Waals surface area contributed by atoms with Gasteiger partial charge in [0.1, 0.15) is 0 Å². The third-order valence-corrected chi connectivity index (χ3v) is 4.67. The van der Waals surface area contributed by atoms with Gasteiger partial charge in [-0.05, 0) is 0 Å². The van der Waals surface area contributed by atoms with Crippen LogP contribution in [0.1, 0.15) is 0 Å². The van der Waals surface area contributed by atoms with Crippen LogP contribution in [0.4, 0.5) is 0 Å². The molecule has 4 radical (unpaired) electrons. The number of benzene rings is 1. The van der Waals surface area contributed by atoms with E-state index in [4.69, 9.17) is 0 Å². The molecule has 8 heavy (non-hydrogen) atoms. The topological polar surface area (TPSA) is 0 Å². The summed E-state index contributed by atoms with van der Waals surface area (Å²) in [6.07, 6.45) is 0. The Kier molecular flexibility index (Phi) is 2.73. The van der Waals surface area contributed by atoms with Crippen molar-refractivity contribution in [1.82, 2.24) is 0 Å². The Labute approximate surface area is 76.6 Å². The van der Waals surface area contributed by atoms with Crippen LogP contribution < -0.4 is 7.02 Å². The molecule has 1 aromatic carbocycles. The van der Waals surface area contributed by atoms with Gasteiger partial charge in [-0.15, -0.1) is 0 Å². The van der Waals surface area contributed by atoms with Crippen molar-refractivity contribution < 1.29 is 0 Å². The third kappa shape index (κ3) is 1.67. The number of rotatable bonds is 0. The second-order valence-corrected chi connectivity index (χ2v) is 4.24. The molecule has 0 N–H and O–H groups in total. The van der Waals surface area contributed by atoms with E-state index in [0.29, 0.717) is 0 Å². The van der Waals surface area contributed by atoms with Crippen LogP contribution in [0.3, 0.4) is 0 Å². The first-order valence-corrected chi connectivity index (χ1v) is 4.83. The molecule has 0 saturated carbocycles. The van der Waals surface area contributed by atoms with Crippen LogP contribution in [0.15, 0.2) is 24.3 Å². The van der Waals surface area contributed by atoms with E-state index < -0.39 is 0 Å². The Morgan fingerprint density at radius 2 is 1.25 bits per heavy atom. The van der Waals surface area contributed by atoms with Crippen LogP contribution >= 0.6 is 0 Å². The van der Waals surface area contributed by atoms with E-state index in [1.807, 2.05) is 0 Å². The molecule has 0 fully saturated rings. The van der Waals surface area contributed by atoms with E-state index in [1.54, 1.807) is 46.0 Å². The molecule has 0 saturated heterocycles. The molecule has 1 rings (SSSR count). The van der Waals surface area contributed by atoms with Crippen LogP contribution in [0.5, 0.6) is 0 Å². The van der Waals surface area contributed by atoms with Gasteiger partial charge in [-0.1, -0.05) is 0 Å². The van der Waals surface area contributed by atoms with Crippen molar-refractivity contribution >= 4 is 53.1 Å². The van der Waals surface area contributed by atoms with Crippen LogP contribution in [0.25, 0.3) is 0 Å². The SMILES string of the molecule is [Sb][c]1cccc[c]1[Sb]. The van der Waals surface area contributed by atoms with Gasteiger partial charge in [-0.3, -0.25) is 0 Å². The van der Waals surface area contributed by atoms with Gasteiger partial charge >= 0.3 is 77.3 Å². The van der Waals surface area contributed by atoms with Crippen LogP contribution in [-0.4, -0.2) is 46.0 Å². The molecule has 2 heteroatoms. The van der Waals surface area contributed by atoms with Gasteiger partial charge in [0.25, 0.3) is 0 Å². The number of hydrogen-bond acceptors (Lipinski definition) is 0. The molecule has 0 aliphatic heterocycles. The van der Waals surface area contributed by atoms with Gasteiger partial charge in [0, 0.05) is 0 Å². The molecule has 0 aliphatic rings. The van der Waals surface area contributed by atoms with Crippen molar-refractivity contribution in [3.05, 3.63) is 24.3 Å². The maximum absolute atomic E-state index is 2.16. The fourth-order valence-electron chi connectivity index (χ4n) is 0.464. The minimum absolute atomic E-state index is 1.44. The van der Waals surface area contributed by atoms with Crippen molar-refractivity contribution in [2.24, 2.45) is 0 Å². The van der Waals surface area contributed by atoms with E-state index in [9.17, 15) is 0 Å². The molecule has 0 atom stereocenters. The fraction of sp³-hybridized carbons (Fsp3) is 0. The second kappa shape index (κ2) is 3.13. The standard InChI is InChI=1S/C6H4.2Sb/c1-2-4-6-5-3-1;;/h1-4H;;. The monoisotopic (exact) mass is 318 g/mol. The summed E-state index contributed by atoms with van der Waals surface area (Å²) < 4.78 is 2.88. The molecular weight excluding hydrogens is 316 g/mol. The molecule has 0 unspecified atom stereocenters. The number of hydrogen-bond donors (Lipinski definition) is 0. The van der Waals surface area contributed by atoms with Gasteiger partial charge in [0.05, 0.1) is 0 Å². The predicted octanol–water partition coefficient (Wildman–Crippen LogP) is -0.726. The van der Waals surface area contributed by atoms with Gasteiger partial charge in [-0.25, -0.2) is 0 Å². The maximum atomic E-state index is 2.16. The van der Waals surface area contributed by atoms with Crippen molar-refractivity contribution in [1.29, 1.82) is 0 Å². The van der Waals surface area contributed by atoms with Crippen molar-refractivity contribution in [2.75, 3.05) is 0 Å². The van der Waals surface area contributed by atoms with Crippen molar-refractivity contribution in [3.63, 3.8) is 0 Å². The summed E-state index contributed by atoms with van der Waals surface area (Å²) in [4.78, 5) is 0. The quantitative estimate of drug-likeness (QED) is 0.554. The molecule has 0 bridgehead atoms.